The number of rotatable bonds is 5. The summed E-state index contributed by atoms with van der Waals surface area (Å²) in [5, 5.41) is 3.27. The molecule has 1 aromatic rings. The molecule has 1 atom stereocenters. The molecule has 0 spiro atoms. The first-order valence-electron chi connectivity index (χ1n) is 6.17. The zero-order chi connectivity index (χ0) is 12.1. The highest BCUT2D eigenvalue weighted by Crippen LogP contribution is 2.25. The average Bonchev–Trinajstić information content (AvgIpc) is 2.80. The summed E-state index contributed by atoms with van der Waals surface area (Å²) in [6.07, 6.45) is 8.28. The van der Waals surface area contributed by atoms with E-state index in [0.717, 1.165) is 38.6 Å². The monoisotopic (exact) mass is 233 g/mol. The van der Waals surface area contributed by atoms with Gasteiger partial charge in [0.2, 0.25) is 5.91 Å². The van der Waals surface area contributed by atoms with Crippen LogP contribution in [0.4, 0.5) is 0 Å². The lowest BCUT2D eigenvalue weighted by Crippen LogP contribution is -2.51. The van der Waals surface area contributed by atoms with Crippen LogP contribution in [0.3, 0.4) is 0 Å². The van der Waals surface area contributed by atoms with Crippen LogP contribution in [-0.4, -0.2) is 23.0 Å². The average molecular weight is 233 g/mol. The number of primary amides is 1. The first kappa shape index (κ1) is 12.0. The molecule has 3 N–H and O–H groups in total. The van der Waals surface area contributed by atoms with E-state index in [2.05, 4.69) is 16.4 Å². The number of amides is 1. The fourth-order valence-electron chi connectivity index (χ4n) is 2.49. The number of aromatic nitrogens is 1. The van der Waals surface area contributed by atoms with Crippen LogP contribution in [0.2, 0.25) is 0 Å². The summed E-state index contributed by atoms with van der Waals surface area (Å²) in [7, 11) is 0. The largest absolute Gasteiger partial charge is 0.368 e. The quantitative estimate of drug-likeness (QED) is 0.797. The van der Waals surface area contributed by atoms with Gasteiger partial charge in [-0.2, -0.15) is 0 Å². The van der Waals surface area contributed by atoms with Gasteiger partial charge in [0.1, 0.15) is 0 Å². The molecule has 0 aromatic carbocycles. The second-order valence-corrected chi connectivity index (χ2v) is 4.69. The van der Waals surface area contributed by atoms with Crippen LogP contribution in [0.25, 0.3) is 0 Å². The van der Waals surface area contributed by atoms with Crippen LogP contribution in [0, 0.1) is 0 Å². The van der Waals surface area contributed by atoms with E-state index in [0.29, 0.717) is 0 Å². The molecule has 0 aliphatic carbocycles. The number of aryl methyl sites for hydroxylation is 1. The maximum atomic E-state index is 11.5. The Morgan fingerprint density at radius 1 is 1.59 bits per heavy atom. The molecule has 4 heteroatoms. The topological polar surface area (TPSA) is 68.0 Å². The summed E-state index contributed by atoms with van der Waals surface area (Å²) >= 11 is 0. The number of nitrogens with zero attached hydrogens (tertiary/aromatic N) is 1. The molecular weight excluding hydrogens is 214 g/mol. The number of hydrogen-bond donors (Lipinski definition) is 2. The highest BCUT2D eigenvalue weighted by molar-refractivity contribution is 5.85. The minimum atomic E-state index is -0.456. The number of carbonyl (C=O) groups is 1. The standard InChI is InChI=1S/C13H19N3O/c14-12(17)13(7-3-9-16-13)6-1-4-11-5-2-8-15-10-11/h2,5,8,10,16H,1,3-4,6-7,9H2,(H2,14,17)/t13-/m1/s1. The number of carbonyl (C=O) groups excluding carboxylic acids is 1. The van der Waals surface area contributed by atoms with Gasteiger partial charge in [0, 0.05) is 12.4 Å². The van der Waals surface area contributed by atoms with Crippen LogP contribution in [0.5, 0.6) is 0 Å². The van der Waals surface area contributed by atoms with Gasteiger partial charge in [-0.25, -0.2) is 0 Å². The predicted octanol–water partition coefficient (Wildman–Crippen LogP) is 1.01. The molecule has 0 radical (unpaired) electrons. The van der Waals surface area contributed by atoms with Gasteiger partial charge in [-0.1, -0.05) is 6.07 Å². The van der Waals surface area contributed by atoms with Crippen molar-refractivity contribution in [3.63, 3.8) is 0 Å². The van der Waals surface area contributed by atoms with Crippen molar-refractivity contribution in [2.45, 2.75) is 37.6 Å². The van der Waals surface area contributed by atoms with Crippen molar-refractivity contribution in [3.8, 4) is 0 Å². The van der Waals surface area contributed by atoms with Gasteiger partial charge in [-0.05, 0) is 50.3 Å². The van der Waals surface area contributed by atoms with Gasteiger partial charge >= 0.3 is 0 Å². The highest BCUT2D eigenvalue weighted by Gasteiger charge is 2.38. The molecule has 1 aliphatic heterocycles. The highest BCUT2D eigenvalue weighted by atomic mass is 16.1. The fraction of sp³-hybridized carbons (Fsp3) is 0.538. The van der Waals surface area contributed by atoms with Crippen molar-refractivity contribution in [1.82, 2.24) is 10.3 Å². The van der Waals surface area contributed by atoms with Crippen molar-refractivity contribution in [2.75, 3.05) is 6.54 Å². The summed E-state index contributed by atoms with van der Waals surface area (Å²) in [6.45, 7) is 0.899. The van der Waals surface area contributed by atoms with Crippen molar-refractivity contribution >= 4 is 5.91 Å². The molecule has 2 rings (SSSR count). The second kappa shape index (κ2) is 5.27. The van der Waals surface area contributed by atoms with Crippen molar-refractivity contribution < 1.29 is 4.79 Å². The lowest BCUT2D eigenvalue weighted by atomic mass is 9.89. The summed E-state index contributed by atoms with van der Waals surface area (Å²) in [4.78, 5) is 15.6. The van der Waals surface area contributed by atoms with E-state index in [1.807, 2.05) is 12.3 Å². The zero-order valence-electron chi connectivity index (χ0n) is 9.98. The van der Waals surface area contributed by atoms with E-state index in [-0.39, 0.29) is 5.91 Å². The van der Waals surface area contributed by atoms with Crippen LogP contribution in [0.1, 0.15) is 31.2 Å². The third-order valence-corrected chi connectivity index (χ3v) is 3.51. The Morgan fingerprint density at radius 3 is 3.06 bits per heavy atom. The molecule has 4 nitrogen and oxygen atoms in total. The molecule has 0 saturated carbocycles. The SMILES string of the molecule is NC(=O)[C@@]1(CCCc2cccnc2)CCCN1. The third-order valence-electron chi connectivity index (χ3n) is 3.51. The Labute approximate surface area is 102 Å². The van der Waals surface area contributed by atoms with E-state index in [1.165, 1.54) is 5.56 Å². The summed E-state index contributed by atoms with van der Waals surface area (Å²) < 4.78 is 0. The van der Waals surface area contributed by atoms with Crippen LogP contribution in [-0.2, 0) is 11.2 Å². The van der Waals surface area contributed by atoms with Crippen molar-refractivity contribution in [1.29, 1.82) is 0 Å². The number of nitrogens with two attached hydrogens (primary N) is 1. The third kappa shape index (κ3) is 2.82. The molecule has 1 saturated heterocycles. The molecular formula is C13H19N3O. The summed E-state index contributed by atoms with van der Waals surface area (Å²) in [6, 6.07) is 4.00. The minimum absolute atomic E-state index is 0.207. The van der Waals surface area contributed by atoms with E-state index in [4.69, 9.17) is 5.73 Å². The van der Waals surface area contributed by atoms with Crippen LogP contribution >= 0.6 is 0 Å². The molecule has 17 heavy (non-hydrogen) atoms. The van der Waals surface area contributed by atoms with E-state index >= 15 is 0 Å². The predicted molar refractivity (Wildman–Crippen MR) is 66.3 cm³/mol. The van der Waals surface area contributed by atoms with Gasteiger partial charge in [-0.15, -0.1) is 0 Å². The van der Waals surface area contributed by atoms with E-state index < -0.39 is 5.54 Å². The maximum Gasteiger partial charge on any atom is 0.237 e. The smallest absolute Gasteiger partial charge is 0.237 e. The van der Waals surface area contributed by atoms with E-state index in [1.54, 1.807) is 6.20 Å². The van der Waals surface area contributed by atoms with Gasteiger partial charge in [0.15, 0.2) is 0 Å². The molecule has 0 unspecified atom stereocenters. The number of nitrogens with one attached hydrogen (secondary N) is 1. The number of pyridine rings is 1. The summed E-state index contributed by atoms with van der Waals surface area (Å²) in [5.74, 6) is -0.207. The van der Waals surface area contributed by atoms with Crippen LogP contribution in [0.15, 0.2) is 24.5 Å². The van der Waals surface area contributed by atoms with Gasteiger partial charge in [-0.3, -0.25) is 9.78 Å². The van der Waals surface area contributed by atoms with Gasteiger partial charge in [0.25, 0.3) is 0 Å². The second-order valence-electron chi connectivity index (χ2n) is 4.69. The lowest BCUT2D eigenvalue weighted by molar-refractivity contribution is -0.124. The normalized spacial score (nSPS) is 23.8. The molecule has 1 amide bonds. The Balaban J connectivity index is 1.87. The van der Waals surface area contributed by atoms with Gasteiger partial charge in [0.05, 0.1) is 5.54 Å². The summed E-state index contributed by atoms with van der Waals surface area (Å²) in [5.41, 5.74) is 6.26. The molecule has 92 valence electrons. The Hall–Kier alpha value is -1.42. The first-order chi connectivity index (χ1) is 8.23. The minimum Gasteiger partial charge on any atom is -0.368 e. The maximum absolute atomic E-state index is 11.5. The Bertz CT molecular complexity index is 372. The molecule has 0 bridgehead atoms. The molecule has 1 fully saturated rings. The Kier molecular flexibility index (Phi) is 3.74. The first-order valence-corrected chi connectivity index (χ1v) is 6.17. The number of hydrogen-bond acceptors (Lipinski definition) is 3. The van der Waals surface area contributed by atoms with Crippen molar-refractivity contribution in [2.24, 2.45) is 5.73 Å². The molecule has 1 aliphatic rings. The lowest BCUT2D eigenvalue weighted by Gasteiger charge is -2.25. The zero-order valence-corrected chi connectivity index (χ0v) is 9.98. The fourth-order valence-corrected chi connectivity index (χ4v) is 2.49. The van der Waals surface area contributed by atoms with Crippen molar-refractivity contribution in [3.05, 3.63) is 30.1 Å². The molecule has 1 aromatic heterocycles. The Morgan fingerprint density at radius 2 is 2.47 bits per heavy atom. The van der Waals surface area contributed by atoms with Crippen LogP contribution < -0.4 is 11.1 Å². The van der Waals surface area contributed by atoms with Gasteiger partial charge < -0.3 is 11.1 Å². The molecule has 2 heterocycles. The van der Waals surface area contributed by atoms with E-state index in [9.17, 15) is 4.79 Å².